The van der Waals surface area contributed by atoms with Gasteiger partial charge in [0, 0.05) is 17.4 Å². The van der Waals surface area contributed by atoms with E-state index in [2.05, 4.69) is 5.32 Å². The van der Waals surface area contributed by atoms with Crippen LogP contribution in [0.25, 0.3) is 0 Å². The molecule has 1 rings (SSSR count). The molecule has 1 amide bonds. The molecule has 19 heavy (non-hydrogen) atoms. The van der Waals surface area contributed by atoms with E-state index < -0.39 is 0 Å². The molecule has 5 nitrogen and oxygen atoms in total. The largest absolute Gasteiger partial charge is 0.399 e. The molecule has 5 heteroatoms. The first-order chi connectivity index (χ1) is 8.86. The Morgan fingerprint density at radius 1 is 1.47 bits per heavy atom. The fourth-order valence-corrected chi connectivity index (χ4v) is 1.76. The van der Waals surface area contributed by atoms with Gasteiger partial charge in [0.15, 0.2) is 0 Å². The number of hydrogen-bond donors (Lipinski definition) is 3. The van der Waals surface area contributed by atoms with Crippen LogP contribution in [0.5, 0.6) is 0 Å². The number of aryl methyl sites for hydroxylation is 1. The van der Waals surface area contributed by atoms with Crippen molar-refractivity contribution in [3.05, 3.63) is 23.8 Å². The lowest BCUT2D eigenvalue weighted by Crippen LogP contribution is -2.45. The summed E-state index contributed by atoms with van der Waals surface area (Å²) in [4.78, 5) is 14.0. The molecule has 106 valence electrons. The number of likely N-dealkylation sites (N-methyl/N-ethyl adjacent to an activating group) is 1. The SMILES string of the molecule is Cc1cc(N)ccc1NC(=O)C(C)N(C)C(C)CO. The molecule has 0 saturated heterocycles. The van der Waals surface area contributed by atoms with Crippen molar-refractivity contribution in [1.29, 1.82) is 0 Å². The van der Waals surface area contributed by atoms with Gasteiger partial charge in [-0.2, -0.15) is 0 Å². The van der Waals surface area contributed by atoms with Crippen molar-refractivity contribution in [2.24, 2.45) is 0 Å². The summed E-state index contributed by atoms with van der Waals surface area (Å²) in [6, 6.07) is 4.99. The minimum Gasteiger partial charge on any atom is -0.399 e. The molecular formula is C14H23N3O2. The topological polar surface area (TPSA) is 78.6 Å². The third kappa shape index (κ3) is 3.94. The molecule has 0 aliphatic carbocycles. The maximum atomic E-state index is 12.1. The number of anilines is 2. The highest BCUT2D eigenvalue weighted by molar-refractivity contribution is 5.95. The van der Waals surface area contributed by atoms with Gasteiger partial charge in [-0.25, -0.2) is 0 Å². The van der Waals surface area contributed by atoms with Crippen molar-refractivity contribution in [3.63, 3.8) is 0 Å². The number of aliphatic hydroxyl groups is 1. The molecule has 0 spiro atoms. The number of nitrogens with zero attached hydrogens (tertiary/aromatic N) is 1. The molecule has 0 aliphatic rings. The average molecular weight is 265 g/mol. The predicted octanol–water partition coefficient (Wildman–Crippen LogP) is 1.22. The Balaban J connectivity index is 2.74. The second-order valence-corrected chi connectivity index (χ2v) is 4.94. The Morgan fingerprint density at radius 3 is 2.63 bits per heavy atom. The lowest BCUT2D eigenvalue weighted by atomic mass is 10.1. The average Bonchev–Trinajstić information content (AvgIpc) is 2.39. The Morgan fingerprint density at radius 2 is 2.11 bits per heavy atom. The molecule has 1 aromatic carbocycles. The zero-order chi connectivity index (χ0) is 14.6. The first kappa shape index (κ1) is 15.5. The molecule has 0 bridgehead atoms. The van der Waals surface area contributed by atoms with Gasteiger partial charge in [-0.15, -0.1) is 0 Å². The van der Waals surface area contributed by atoms with Crippen LogP contribution in [-0.2, 0) is 4.79 Å². The number of nitrogens with one attached hydrogen (secondary N) is 1. The second kappa shape index (κ2) is 6.54. The Labute approximate surface area is 114 Å². The van der Waals surface area contributed by atoms with Gasteiger partial charge in [0.1, 0.15) is 0 Å². The number of benzene rings is 1. The summed E-state index contributed by atoms with van der Waals surface area (Å²) in [5.74, 6) is -0.101. The zero-order valence-electron chi connectivity index (χ0n) is 12.0. The standard InChI is InChI=1S/C14H23N3O2/c1-9-7-12(15)5-6-13(9)16-14(19)11(3)17(4)10(2)8-18/h5-7,10-11,18H,8,15H2,1-4H3,(H,16,19). The number of nitrogen functional groups attached to an aromatic ring is 1. The third-order valence-electron chi connectivity index (χ3n) is 3.46. The van der Waals surface area contributed by atoms with Crippen molar-refractivity contribution in [1.82, 2.24) is 4.90 Å². The molecule has 0 aromatic heterocycles. The molecule has 0 saturated carbocycles. The van der Waals surface area contributed by atoms with E-state index in [4.69, 9.17) is 10.8 Å². The number of rotatable bonds is 5. The van der Waals surface area contributed by atoms with Crippen molar-refractivity contribution in [3.8, 4) is 0 Å². The minimum atomic E-state index is -0.320. The van der Waals surface area contributed by atoms with Crippen molar-refractivity contribution < 1.29 is 9.90 Å². The van der Waals surface area contributed by atoms with E-state index in [-0.39, 0.29) is 24.6 Å². The van der Waals surface area contributed by atoms with Gasteiger partial charge in [-0.05, 0) is 51.6 Å². The highest BCUT2D eigenvalue weighted by Gasteiger charge is 2.22. The van der Waals surface area contributed by atoms with Crippen LogP contribution >= 0.6 is 0 Å². The van der Waals surface area contributed by atoms with E-state index in [1.165, 1.54) is 0 Å². The number of aliphatic hydroxyl groups excluding tert-OH is 1. The highest BCUT2D eigenvalue weighted by Crippen LogP contribution is 2.18. The maximum Gasteiger partial charge on any atom is 0.241 e. The number of hydrogen-bond acceptors (Lipinski definition) is 4. The lowest BCUT2D eigenvalue weighted by Gasteiger charge is -2.28. The van der Waals surface area contributed by atoms with Gasteiger partial charge in [-0.3, -0.25) is 9.69 Å². The van der Waals surface area contributed by atoms with E-state index in [0.29, 0.717) is 5.69 Å². The van der Waals surface area contributed by atoms with Gasteiger partial charge in [0.25, 0.3) is 0 Å². The molecular weight excluding hydrogens is 242 g/mol. The molecule has 0 heterocycles. The first-order valence-corrected chi connectivity index (χ1v) is 6.36. The molecule has 4 N–H and O–H groups in total. The van der Waals surface area contributed by atoms with Gasteiger partial charge in [0.2, 0.25) is 5.91 Å². The van der Waals surface area contributed by atoms with E-state index in [1.54, 1.807) is 12.1 Å². The van der Waals surface area contributed by atoms with E-state index in [0.717, 1.165) is 11.3 Å². The summed E-state index contributed by atoms with van der Waals surface area (Å²) in [5.41, 5.74) is 8.04. The molecule has 0 aliphatic heterocycles. The van der Waals surface area contributed by atoms with Crippen LogP contribution in [0.3, 0.4) is 0 Å². The fraction of sp³-hybridized carbons (Fsp3) is 0.500. The van der Waals surface area contributed by atoms with Crippen LogP contribution in [0.15, 0.2) is 18.2 Å². The predicted molar refractivity (Wildman–Crippen MR) is 78.0 cm³/mol. The number of nitrogens with two attached hydrogens (primary N) is 1. The summed E-state index contributed by atoms with van der Waals surface area (Å²) >= 11 is 0. The van der Waals surface area contributed by atoms with Gasteiger partial charge >= 0.3 is 0 Å². The highest BCUT2D eigenvalue weighted by atomic mass is 16.3. The van der Waals surface area contributed by atoms with Crippen LogP contribution in [0.4, 0.5) is 11.4 Å². The van der Waals surface area contributed by atoms with E-state index in [1.807, 2.05) is 38.8 Å². The number of carbonyl (C=O) groups is 1. The second-order valence-electron chi connectivity index (χ2n) is 4.94. The Hall–Kier alpha value is -1.59. The lowest BCUT2D eigenvalue weighted by molar-refractivity contribution is -0.121. The number of carbonyl (C=O) groups excluding carboxylic acids is 1. The van der Waals surface area contributed by atoms with Crippen LogP contribution in [0, 0.1) is 6.92 Å². The van der Waals surface area contributed by atoms with E-state index in [9.17, 15) is 4.79 Å². The monoisotopic (exact) mass is 265 g/mol. The number of amides is 1. The molecule has 2 atom stereocenters. The van der Waals surface area contributed by atoms with Crippen molar-refractivity contribution in [2.45, 2.75) is 32.9 Å². The van der Waals surface area contributed by atoms with Crippen molar-refractivity contribution >= 4 is 17.3 Å². The maximum absolute atomic E-state index is 12.1. The Kier molecular flexibility index (Phi) is 5.32. The molecule has 0 fully saturated rings. The zero-order valence-corrected chi connectivity index (χ0v) is 12.0. The van der Waals surface area contributed by atoms with E-state index >= 15 is 0 Å². The third-order valence-corrected chi connectivity index (χ3v) is 3.46. The molecule has 0 radical (unpaired) electrons. The van der Waals surface area contributed by atoms with Gasteiger partial charge in [0.05, 0.1) is 12.6 Å². The van der Waals surface area contributed by atoms with Crippen LogP contribution in [0.2, 0.25) is 0 Å². The fourth-order valence-electron chi connectivity index (χ4n) is 1.76. The van der Waals surface area contributed by atoms with Crippen LogP contribution in [0.1, 0.15) is 19.4 Å². The summed E-state index contributed by atoms with van der Waals surface area (Å²) in [7, 11) is 1.82. The minimum absolute atomic E-state index is 0.0228. The summed E-state index contributed by atoms with van der Waals surface area (Å²) < 4.78 is 0. The smallest absolute Gasteiger partial charge is 0.241 e. The van der Waals surface area contributed by atoms with Crippen LogP contribution < -0.4 is 11.1 Å². The normalized spacial score (nSPS) is 14.2. The summed E-state index contributed by atoms with van der Waals surface area (Å²) in [5, 5.41) is 12.0. The van der Waals surface area contributed by atoms with Gasteiger partial charge in [-0.1, -0.05) is 0 Å². The molecule has 1 aromatic rings. The molecule has 2 unspecified atom stereocenters. The van der Waals surface area contributed by atoms with Crippen LogP contribution in [-0.4, -0.2) is 41.7 Å². The van der Waals surface area contributed by atoms with Crippen molar-refractivity contribution in [2.75, 3.05) is 24.7 Å². The Bertz CT molecular complexity index is 448. The first-order valence-electron chi connectivity index (χ1n) is 6.36. The summed E-state index contributed by atoms with van der Waals surface area (Å²) in [6.07, 6.45) is 0. The van der Waals surface area contributed by atoms with Gasteiger partial charge < -0.3 is 16.2 Å². The quantitative estimate of drug-likeness (QED) is 0.699. The summed E-state index contributed by atoms with van der Waals surface area (Å²) in [6.45, 7) is 5.61.